The molecule has 0 aliphatic carbocycles. The van der Waals surface area contributed by atoms with Gasteiger partial charge in [-0.1, -0.05) is 12.1 Å². The van der Waals surface area contributed by atoms with Gasteiger partial charge in [-0.2, -0.15) is 10.4 Å². The first kappa shape index (κ1) is 18.4. The van der Waals surface area contributed by atoms with E-state index in [0.29, 0.717) is 17.9 Å². The van der Waals surface area contributed by atoms with Crippen molar-refractivity contribution >= 4 is 22.6 Å². The van der Waals surface area contributed by atoms with Crippen molar-refractivity contribution in [3.8, 4) is 6.07 Å². The predicted octanol–water partition coefficient (Wildman–Crippen LogP) is 3.18. The number of fused-ring (bicyclic) bond motifs is 1. The Morgan fingerprint density at radius 1 is 1.24 bits per heavy atom. The number of rotatable bonds is 5. The molecule has 7 nitrogen and oxygen atoms in total. The number of aromatic nitrogens is 4. The number of carbonyl (C=O) groups excluding carboxylic acids is 1. The molecular formula is C22H20N6O. The second-order valence-electron chi connectivity index (χ2n) is 7.05. The molecule has 1 amide bonds. The van der Waals surface area contributed by atoms with Crippen LogP contribution in [0.4, 0.5) is 5.82 Å². The number of hydrogen-bond acceptors (Lipinski definition) is 4. The van der Waals surface area contributed by atoms with Gasteiger partial charge in [-0.3, -0.25) is 14.5 Å². The maximum Gasteiger partial charge on any atom is 0.229 e. The van der Waals surface area contributed by atoms with Gasteiger partial charge in [-0.05, 0) is 36.2 Å². The van der Waals surface area contributed by atoms with Crippen molar-refractivity contribution in [1.82, 2.24) is 19.3 Å². The third-order valence-corrected chi connectivity index (χ3v) is 4.80. The fraction of sp³-hybridized carbons (Fsp3) is 0.182. The summed E-state index contributed by atoms with van der Waals surface area (Å²) >= 11 is 0. The summed E-state index contributed by atoms with van der Waals surface area (Å²) in [5.74, 6) is 0.386. The van der Waals surface area contributed by atoms with Gasteiger partial charge in [0.1, 0.15) is 6.07 Å². The van der Waals surface area contributed by atoms with Crippen LogP contribution in [0.2, 0.25) is 0 Å². The quantitative estimate of drug-likeness (QED) is 0.572. The van der Waals surface area contributed by atoms with Crippen LogP contribution >= 0.6 is 0 Å². The number of nitriles is 1. The average Bonchev–Trinajstić information content (AvgIpc) is 3.26. The number of nitrogens with zero attached hydrogens (tertiary/aromatic N) is 5. The number of anilines is 1. The van der Waals surface area contributed by atoms with E-state index in [4.69, 9.17) is 5.26 Å². The minimum absolute atomic E-state index is 0.114. The summed E-state index contributed by atoms with van der Waals surface area (Å²) in [5.41, 5.74) is 4.60. The number of hydrogen-bond donors (Lipinski definition) is 1. The van der Waals surface area contributed by atoms with Gasteiger partial charge >= 0.3 is 0 Å². The zero-order valence-corrected chi connectivity index (χ0v) is 16.3. The zero-order chi connectivity index (χ0) is 20.4. The normalized spacial score (nSPS) is 10.8. The third kappa shape index (κ3) is 4.01. The Bertz CT molecular complexity index is 1230. The van der Waals surface area contributed by atoms with Gasteiger partial charge in [0.15, 0.2) is 5.82 Å². The molecule has 1 aromatic carbocycles. The fourth-order valence-electron chi connectivity index (χ4n) is 3.38. The molecule has 144 valence electrons. The SMILES string of the molecule is Cc1cn(C)c2cc(CC(=O)Nc3ccn(Cc4ccc(C#N)cn4)n3)ccc12. The number of aryl methyl sites for hydroxylation is 2. The van der Waals surface area contributed by atoms with Crippen molar-refractivity contribution in [2.24, 2.45) is 7.05 Å². The lowest BCUT2D eigenvalue weighted by atomic mass is 10.1. The predicted molar refractivity (Wildman–Crippen MR) is 110 cm³/mol. The van der Waals surface area contributed by atoms with Crippen LogP contribution in [-0.4, -0.2) is 25.2 Å². The van der Waals surface area contributed by atoms with Crippen molar-refractivity contribution in [3.05, 3.63) is 77.4 Å². The third-order valence-electron chi connectivity index (χ3n) is 4.80. The molecule has 4 aromatic rings. The van der Waals surface area contributed by atoms with Gasteiger partial charge in [0.25, 0.3) is 0 Å². The number of carbonyl (C=O) groups is 1. The first-order valence-corrected chi connectivity index (χ1v) is 9.25. The second kappa shape index (κ2) is 7.60. The van der Waals surface area contributed by atoms with E-state index in [-0.39, 0.29) is 12.3 Å². The molecule has 0 radical (unpaired) electrons. The molecule has 0 unspecified atom stereocenters. The monoisotopic (exact) mass is 384 g/mol. The Kier molecular flexibility index (Phi) is 4.83. The fourth-order valence-corrected chi connectivity index (χ4v) is 3.38. The van der Waals surface area contributed by atoms with Crippen molar-refractivity contribution in [1.29, 1.82) is 5.26 Å². The van der Waals surface area contributed by atoms with E-state index in [0.717, 1.165) is 16.8 Å². The standard InChI is InChI=1S/C22H20N6O/c1-15-13-27(2)20-9-16(4-6-19(15)20)10-22(29)25-21-7-8-28(26-21)14-18-5-3-17(11-23)12-24-18/h3-9,12-13H,10,14H2,1-2H3,(H,25,26,29). The van der Waals surface area contributed by atoms with E-state index in [2.05, 4.69) is 45.2 Å². The summed E-state index contributed by atoms with van der Waals surface area (Å²) in [6, 6.07) is 13.4. The number of pyridine rings is 1. The van der Waals surface area contributed by atoms with Gasteiger partial charge in [-0.25, -0.2) is 0 Å². The molecule has 3 heterocycles. The summed E-state index contributed by atoms with van der Waals surface area (Å²) in [6.45, 7) is 2.55. The van der Waals surface area contributed by atoms with Crippen LogP contribution in [0.1, 0.15) is 22.4 Å². The maximum absolute atomic E-state index is 12.4. The van der Waals surface area contributed by atoms with Crippen LogP contribution in [0.25, 0.3) is 10.9 Å². The molecular weight excluding hydrogens is 364 g/mol. The highest BCUT2D eigenvalue weighted by molar-refractivity contribution is 5.92. The van der Waals surface area contributed by atoms with Crippen LogP contribution < -0.4 is 5.32 Å². The Morgan fingerprint density at radius 3 is 2.86 bits per heavy atom. The Labute approximate surface area is 168 Å². The van der Waals surface area contributed by atoms with Gasteiger partial charge in [-0.15, -0.1) is 0 Å². The summed E-state index contributed by atoms with van der Waals surface area (Å²) in [7, 11) is 2.01. The summed E-state index contributed by atoms with van der Waals surface area (Å²) in [4.78, 5) is 16.7. The van der Waals surface area contributed by atoms with Crippen LogP contribution in [-0.2, 0) is 24.8 Å². The topological polar surface area (TPSA) is 88.5 Å². The van der Waals surface area contributed by atoms with Crippen LogP contribution in [0.3, 0.4) is 0 Å². The van der Waals surface area contributed by atoms with Crippen molar-refractivity contribution in [2.45, 2.75) is 19.9 Å². The Morgan fingerprint density at radius 2 is 2.10 bits per heavy atom. The van der Waals surface area contributed by atoms with Crippen LogP contribution in [0.5, 0.6) is 0 Å². The van der Waals surface area contributed by atoms with E-state index in [1.807, 2.05) is 19.2 Å². The summed E-state index contributed by atoms with van der Waals surface area (Å²) in [6.07, 6.45) is 5.69. The molecule has 3 aromatic heterocycles. The van der Waals surface area contributed by atoms with E-state index >= 15 is 0 Å². The second-order valence-corrected chi connectivity index (χ2v) is 7.05. The molecule has 0 aliphatic heterocycles. The molecule has 0 atom stereocenters. The lowest BCUT2D eigenvalue weighted by Gasteiger charge is -2.05. The first-order chi connectivity index (χ1) is 14.0. The molecule has 29 heavy (non-hydrogen) atoms. The number of benzene rings is 1. The molecule has 1 N–H and O–H groups in total. The minimum Gasteiger partial charge on any atom is -0.350 e. The van der Waals surface area contributed by atoms with E-state index in [1.54, 1.807) is 29.1 Å². The highest BCUT2D eigenvalue weighted by atomic mass is 16.1. The molecule has 0 aliphatic rings. The number of nitrogens with one attached hydrogen (secondary N) is 1. The van der Waals surface area contributed by atoms with Crippen LogP contribution in [0.15, 0.2) is 55.0 Å². The van der Waals surface area contributed by atoms with E-state index < -0.39 is 0 Å². The van der Waals surface area contributed by atoms with Gasteiger partial charge in [0, 0.05) is 42.6 Å². The van der Waals surface area contributed by atoms with Crippen molar-refractivity contribution < 1.29 is 4.79 Å². The van der Waals surface area contributed by atoms with E-state index in [9.17, 15) is 4.79 Å². The highest BCUT2D eigenvalue weighted by Crippen LogP contribution is 2.21. The Hall–Kier alpha value is -3.92. The van der Waals surface area contributed by atoms with Crippen LogP contribution in [0, 0.1) is 18.3 Å². The van der Waals surface area contributed by atoms with Gasteiger partial charge < -0.3 is 9.88 Å². The summed E-state index contributed by atoms with van der Waals surface area (Å²) < 4.78 is 3.77. The molecule has 0 saturated heterocycles. The number of amides is 1. The zero-order valence-electron chi connectivity index (χ0n) is 16.3. The molecule has 0 saturated carbocycles. The molecule has 0 bridgehead atoms. The maximum atomic E-state index is 12.4. The molecule has 0 spiro atoms. The minimum atomic E-state index is -0.114. The van der Waals surface area contributed by atoms with Gasteiger partial charge in [0.05, 0.1) is 24.2 Å². The van der Waals surface area contributed by atoms with E-state index in [1.165, 1.54) is 17.1 Å². The Balaban J connectivity index is 1.40. The lowest BCUT2D eigenvalue weighted by Crippen LogP contribution is -2.15. The summed E-state index contributed by atoms with van der Waals surface area (Å²) in [5, 5.41) is 17.2. The lowest BCUT2D eigenvalue weighted by molar-refractivity contribution is -0.115. The van der Waals surface area contributed by atoms with Crippen molar-refractivity contribution in [2.75, 3.05) is 5.32 Å². The highest BCUT2D eigenvalue weighted by Gasteiger charge is 2.09. The van der Waals surface area contributed by atoms with Crippen molar-refractivity contribution in [3.63, 3.8) is 0 Å². The average molecular weight is 384 g/mol. The largest absolute Gasteiger partial charge is 0.350 e. The van der Waals surface area contributed by atoms with Gasteiger partial charge in [0.2, 0.25) is 5.91 Å². The molecule has 7 heteroatoms. The molecule has 0 fully saturated rings. The molecule has 4 rings (SSSR count). The smallest absolute Gasteiger partial charge is 0.229 e. The first-order valence-electron chi connectivity index (χ1n) is 9.25.